The third-order valence-corrected chi connectivity index (χ3v) is 8.00. The monoisotopic (exact) mass is 468 g/mol. The molecule has 0 radical (unpaired) electrons. The second-order valence-corrected chi connectivity index (χ2v) is 10.5. The molecule has 5 nitrogen and oxygen atoms in total. The van der Waals surface area contributed by atoms with Crippen LogP contribution in [-0.4, -0.2) is 31.4 Å². The highest BCUT2D eigenvalue weighted by Crippen LogP contribution is 2.27. The molecule has 0 unspecified atom stereocenters. The Hall–Kier alpha value is -2.61. The van der Waals surface area contributed by atoms with Gasteiger partial charge in [-0.15, -0.1) is 11.8 Å². The molecule has 3 rings (SSSR count). The maximum atomic E-state index is 13.7. The number of amides is 1. The summed E-state index contributed by atoms with van der Waals surface area (Å²) >= 11 is 1.52. The Balaban J connectivity index is 1.96. The van der Waals surface area contributed by atoms with Crippen LogP contribution >= 0.6 is 11.8 Å². The molecule has 0 spiro atoms. The highest BCUT2D eigenvalue weighted by Gasteiger charge is 2.30. The number of carbonyl (C=O) groups excluding carboxylic acids is 1. The number of benzene rings is 3. The van der Waals surface area contributed by atoms with Crippen molar-refractivity contribution in [2.45, 2.75) is 37.1 Å². The fourth-order valence-corrected chi connectivity index (χ4v) is 6.16. The van der Waals surface area contributed by atoms with Gasteiger partial charge >= 0.3 is 0 Å². The quantitative estimate of drug-likeness (QED) is 0.464. The molecule has 0 saturated carbocycles. The van der Waals surface area contributed by atoms with Gasteiger partial charge in [-0.25, -0.2) is 8.42 Å². The van der Waals surface area contributed by atoms with E-state index in [2.05, 4.69) is 5.32 Å². The molecule has 0 aliphatic carbocycles. The predicted octanol–water partition coefficient (Wildman–Crippen LogP) is 5.16. The van der Waals surface area contributed by atoms with Gasteiger partial charge in [-0.3, -0.25) is 4.79 Å². The maximum absolute atomic E-state index is 13.7. The summed E-state index contributed by atoms with van der Waals surface area (Å²) in [7, 11) is -3.91. The van der Waals surface area contributed by atoms with Gasteiger partial charge in [0.05, 0.1) is 17.1 Å². The van der Waals surface area contributed by atoms with Crippen LogP contribution in [0.25, 0.3) is 0 Å². The summed E-state index contributed by atoms with van der Waals surface area (Å²) < 4.78 is 28.7. The van der Waals surface area contributed by atoms with Crippen molar-refractivity contribution in [1.29, 1.82) is 0 Å². The fourth-order valence-electron chi connectivity index (χ4n) is 3.81. The summed E-state index contributed by atoms with van der Waals surface area (Å²) in [5.74, 6) is -0.381. The molecule has 0 atom stereocenters. The summed E-state index contributed by atoms with van der Waals surface area (Å²) in [5, 5.41) is 2.87. The molecule has 1 amide bonds. The molecule has 0 saturated heterocycles. The first-order valence-electron chi connectivity index (χ1n) is 10.3. The van der Waals surface area contributed by atoms with Crippen molar-refractivity contribution >= 4 is 33.4 Å². The third kappa shape index (κ3) is 5.59. The molecule has 168 valence electrons. The number of nitrogens with zero attached hydrogens (tertiary/aromatic N) is 1. The van der Waals surface area contributed by atoms with E-state index in [1.54, 1.807) is 13.8 Å². The normalized spacial score (nSPS) is 11.5. The zero-order chi connectivity index (χ0) is 23.3. The number of thioether (sulfide) groups is 1. The molecule has 0 fully saturated rings. The Morgan fingerprint density at radius 2 is 1.53 bits per heavy atom. The number of hydrogen-bond acceptors (Lipinski definition) is 4. The van der Waals surface area contributed by atoms with Gasteiger partial charge in [0.25, 0.3) is 0 Å². The Labute approximate surface area is 194 Å². The minimum atomic E-state index is -3.91. The van der Waals surface area contributed by atoms with E-state index in [1.165, 1.54) is 16.1 Å². The van der Waals surface area contributed by atoms with E-state index in [-0.39, 0.29) is 23.9 Å². The van der Waals surface area contributed by atoms with Gasteiger partial charge in [0.15, 0.2) is 0 Å². The van der Waals surface area contributed by atoms with E-state index in [9.17, 15) is 13.2 Å². The SMILES string of the molecule is CSc1ccccc1NC(=O)CN(Cc1ccccc1)S(=O)(=O)c1c(C)cc(C)cc1C. The minimum absolute atomic E-state index is 0.105. The molecule has 0 aliphatic rings. The minimum Gasteiger partial charge on any atom is -0.324 e. The Morgan fingerprint density at radius 1 is 0.938 bits per heavy atom. The number of sulfonamides is 1. The van der Waals surface area contributed by atoms with Crippen molar-refractivity contribution in [3.8, 4) is 0 Å². The molecule has 32 heavy (non-hydrogen) atoms. The van der Waals surface area contributed by atoms with Gasteiger partial charge < -0.3 is 5.32 Å². The van der Waals surface area contributed by atoms with Crippen LogP contribution in [0.15, 0.2) is 76.5 Å². The molecular formula is C25H28N2O3S2. The fraction of sp³-hybridized carbons (Fsp3) is 0.240. The first-order valence-corrected chi connectivity index (χ1v) is 12.9. The van der Waals surface area contributed by atoms with E-state index in [0.717, 1.165) is 16.0 Å². The van der Waals surface area contributed by atoms with Gasteiger partial charge in [0.1, 0.15) is 0 Å². The lowest BCUT2D eigenvalue weighted by molar-refractivity contribution is -0.116. The second-order valence-electron chi connectivity index (χ2n) is 7.73. The molecule has 7 heteroatoms. The van der Waals surface area contributed by atoms with E-state index in [0.29, 0.717) is 16.8 Å². The van der Waals surface area contributed by atoms with Crippen LogP contribution in [0.5, 0.6) is 0 Å². The van der Waals surface area contributed by atoms with Gasteiger partial charge in [-0.2, -0.15) is 4.31 Å². The lowest BCUT2D eigenvalue weighted by Crippen LogP contribution is -2.38. The van der Waals surface area contributed by atoms with E-state index in [4.69, 9.17) is 0 Å². The molecule has 0 aliphatic heterocycles. The van der Waals surface area contributed by atoms with Crippen LogP contribution in [0.2, 0.25) is 0 Å². The Bertz CT molecular complexity index is 1190. The zero-order valence-electron chi connectivity index (χ0n) is 18.8. The Morgan fingerprint density at radius 3 is 2.16 bits per heavy atom. The van der Waals surface area contributed by atoms with E-state index >= 15 is 0 Å². The number of anilines is 1. The van der Waals surface area contributed by atoms with Gasteiger partial charge in [-0.05, 0) is 55.9 Å². The smallest absolute Gasteiger partial charge is 0.244 e. The molecule has 3 aromatic carbocycles. The lowest BCUT2D eigenvalue weighted by atomic mass is 10.1. The van der Waals surface area contributed by atoms with Crippen LogP contribution in [-0.2, 0) is 21.4 Å². The number of carbonyl (C=O) groups is 1. The number of para-hydroxylation sites is 1. The second kappa shape index (κ2) is 10.3. The summed E-state index contributed by atoms with van der Waals surface area (Å²) in [6.07, 6.45) is 1.93. The molecule has 0 aromatic heterocycles. The zero-order valence-corrected chi connectivity index (χ0v) is 20.4. The van der Waals surface area contributed by atoms with Gasteiger partial charge in [-0.1, -0.05) is 60.2 Å². The van der Waals surface area contributed by atoms with Crippen LogP contribution in [0.4, 0.5) is 5.69 Å². The molecule has 0 bridgehead atoms. The standard InChI is InChI=1S/C25H28N2O3S2/c1-18-14-19(2)25(20(3)15-18)32(29,30)27(16-21-10-6-5-7-11-21)17-24(28)26-22-12-8-9-13-23(22)31-4/h5-15H,16-17H2,1-4H3,(H,26,28). The summed E-state index contributed by atoms with van der Waals surface area (Å²) in [6.45, 7) is 5.35. The summed E-state index contributed by atoms with van der Waals surface area (Å²) in [6, 6.07) is 20.5. The highest BCUT2D eigenvalue weighted by atomic mass is 32.2. The van der Waals surface area contributed by atoms with Crippen molar-refractivity contribution in [1.82, 2.24) is 4.31 Å². The van der Waals surface area contributed by atoms with E-state index < -0.39 is 10.0 Å². The molecule has 1 N–H and O–H groups in total. The maximum Gasteiger partial charge on any atom is 0.244 e. The van der Waals surface area contributed by atoms with Crippen LogP contribution in [0.1, 0.15) is 22.3 Å². The topological polar surface area (TPSA) is 66.5 Å². The first-order chi connectivity index (χ1) is 15.2. The predicted molar refractivity (Wildman–Crippen MR) is 132 cm³/mol. The van der Waals surface area contributed by atoms with Crippen LogP contribution in [0, 0.1) is 20.8 Å². The van der Waals surface area contributed by atoms with Crippen LogP contribution in [0.3, 0.4) is 0 Å². The number of aryl methyl sites for hydroxylation is 3. The van der Waals surface area contributed by atoms with Gasteiger partial charge in [0.2, 0.25) is 15.9 Å². The number of hydrogen-bond donors (Lipinski definition) is 1. The van der Waals surface area contributed by atoms with E-state index in [1.807, 2.05) is 79.9 Å². The van der Waals surface area contributed by atoms with Crippen LogP contribution < -0.4 is 5.32 Å². The Kier molecular flexibility index (Phi) is 7.77. The average molecular weight is 469 g/mol. The molecule has 3 aromatic rings. The summed E-state index contributed by atoms with van der Waals surface area (Å²) in [5.41, 5.74) is 3.84. The number of nitrogens with one attached hydrogen (secondary N) is 1. The largest absolute Gasteiger partial charge is 0.324 e. The highest BCUT2D eigenvalue weighted by molar-refractivity contribution is 7.98. The van der Waals surface area contributed by atoms with Gasteiger partial charge in [0, 0.05) is 11.4 Å². The summed E-state index contributed by atoms with van der Waals surface area (Å²) in [4.78, 5) is 14.1. The third-order valence-electron chi connectivity index (χ3n) is 5.11. The lowest BCUT2D eigenvalue weighted by Gasteiger charge is -2.24. The van der Waals surface area contributed by atoms with Crippen molar-refractivity contribution in [3.05, 3.63) is 89.0 Å². The van der Waals surface area contributed by atoms with Crippen molar-refractivity contribution < 1.29 is 13.2 Å². The van der Waals surface area contributed by atoms with Crippen molar-refractivity contribution in [3.63, 3.8) is 0 Å². The first kappa shape index (κ1) is 24.0. The van der Waals surface area contributed by atoms with Crippen molar-refractivity contribution in [2.24, 2.45) is 0 Å². The average Bonchev–Trinajstić information content (AvgIpc) is 2.73. The molecule has 0 heterocycles. The molecular weight excluding hydrogens is 440 g/mol. The van der Waals surface area contributed by atoms with Crippen molar-refractivity contribution in [2.75, 3.05) is 18.1 Å². The number of rotatable bonds is 8.